The molecule has 1 amide bonds. The van der Waals surface area contributed by atoms with E-state index in [0.717, 1.165) is 21.8 Å². The van der Waals surface area contributed by atoms with E-state index in [-0.39, 0.29) is 18.4 Å². The van der Waals surface area contributed by atoms with E-state index in [9.17, 15) is 14.7 Å². The lowest BCUT2D eigenvalue weighted by molar-refractivity contribution is -0.157. The molecule has 2 fully saturated rings. The Hall–Kier alpha value is -2.38. The predicted octanol–water partition coefficient (Wildman–Crippen LogP) is 2.87. The number of benzene rings is 1. The van der Waals surface area contributed by atoms with Crippen molar-refractivity contribution in [1.29, 1.82) is 0 Å². The van der Waals surface area contributed by atoms with Crippen molar-refractivity contribution in [3.05, 3.63) is 40.8 Å². The summed E-state index contributed by atoms with van der Waals surface area (Å²) in [5, 5.41) is 9.80. The van der Waals surface area contributed by atoms with E-state index in [1.807, 2.05) is 30.3 Å². The summed E-state index contributed by atoms with van der Waals surface area (Å²) in [6.45, 7) is 1.97. The summed E-state index contributed by atoms with van der Waals surface area (Å²) in [6.07, 6.45) is 0.457. The molecule has 0 bridgehead atoms. The first-order valence-electron chi connectivity index (χ1n) is 9.04. The van der Waals surface area contributed by atoms with Crippen molar-refractivity contribution in [2.75, 3.05) is 26.3 Å². The van der Waals surface area contributed by atoms with Crippen LogP contribution in [-0.4, -0.2) is 48.2 Å². The molecule has 6 nitrogen and oxygen atoms in total. The predicted molar refractivity (Wildman–Crippen MR) is 99.0 cm³/mol. The molecule has 1 aromatic heterocycles. The third-order valence-electron chi connectivity index (χ3n) is 5.95. The van der Waals surface area contributed by atoms with Crippen molar-refractivity contribution in [2.24, 2.45) is 11.3 Å². The van der Waals surface area contributed by atoms with Gasteiger partial charge in [-0.25, -0.2) is 0 Å². The summed E-state index contributed by atoms with van der Waals surface area (Å²) >= 11 is 1.46. The molecule has 27 heavy (non-hydrogen) atoms. The van der Waals surface area contributed by atoms with Crippen LogP contribution in [0.15, 0.2) is 30.3 Å². The average Bonchev–Trinajstić information content (AvgIpc) is 3.30. The van der Waals surface area contributed by atoms with E-state index in [0.29, 0.717) is 37.7 Å². The van der Waals surface area contributed by atoms with Gasteiger partial charge in [-0.3, -0.25) is 9.59 Å². The van der Waals surface area contributed by atoms with Gasteiger partial charge >= 0.3 is 5.97 Å². The van der Waals surface area contributed by atoms with Crippen LogP contribution in [0.1, 0.15) is 21.7 Å². The molecule has 0 saturated carbocycles. The number of rotatable bonds is 2. The fraction of sp³-hybridized carbons (Fsp3) is 0.400. The number of carboxylic acids is 1. The Labute approximate surface area is 160 Å². The maximum atomic E-state index is 13.1. The van der Waals surface area contributed by atoms with Crippen molar-refractivity contribution >= 4 is 23.2 Å². The summed E-state index contributed by atoms with van der Waals surface area (Å²) in [6, 6.07) is 9.72. The van der Waals surface area contributed by atoms with Crippen LogP contribution < -0.4 is 4.74 Å². The molecular formula is C20H19NO5S. The van der Waals surface area contributed by atoms with E-state index in [4.69, 9.17) is 9.47 Å². The number of para-hydroxylation sites is 1. The van der Waals surface area contributed by atoms with Crippen LogP contribution in [0.4, 0.5) is 0 Å². The number of thiophene rings is 1. The second kappa shape index (κ2) is 6.07. The van der Waals surface area contributed by atoms with Gasteiger partial charge in [0.25, 0.3) is 5.91 Å². The van der Waals surface area contributed by atoms with E-state index >= 15 is 0 Å². The Morgan fingerprint density at radius 2 is 2.15 bits per heavy atom. The molecule has 2 saturated heterocycles. The highest BCUT2D eigenvalue weighted by molar-refractivity contribution is 7.17. The van der Waals surface area contributed by atoms with Crippen molar-refractivity contribution in [1.82, 2.24) is 4.90 Å². The quantitative estimate of drug-likeness (QED) is 0.860. The summed E-state index contributed by atoms with van der Waals surface area (Å²) in [4.78, 5) is 28.5. The standard InChI is InChI=1S/C20H19NO5S/c22-18(21-8-13-10-25-6-5-20(13,11-21)19(23)24)16-7-12-9-26-15-4-2-1-3-14(15)17(12)27-16/h1-4,7,13H,5-6,8-11H2,(H,23,24)/t13-,20+/m0/s1. The Morgan fingerprint density at radius 3 is 2.96 bits per heavy atom. The third-order valence-corrected chi connectivity index (χ3v) is 7.15. The Bertz CT molecular complexity index is 938. The van der Waals surface area contributed by atoms with Gasteiger partial charge in [0.15, 0.2) is 0 Å². The maximum Gasteiger partial charge on any atom is 0.311 e. The largest absolute Gasteiger partial charge is 0.488 e. The lowest BCUT2D eigenvalue weighted by Crippen LogP contribution is -2.45. The normalized spacial score (nSPS) is 25.9. The molecule has 1 N–H and O–H groups in total. The van der Waals surface area contributed by atoms with Gasteiger partial charge in [0.1, 0.15) is 12.4 Å². The van der Waals surface area contributed by atoms with E-state index in [1.54, 1.807) is 4.90 Å². The van der Waals surface area contributed by atoms with Crippen molar-refractivity contribution < 1.29 is 24.2 Å². The second-order valence-corrected chi connectivity index (χ2v) is 8.47. The van der Waals surface area contributed by atoms with E-state index < -0.39 is 11.4 Å². The smallest absolute Gasteiger partial charge is 0.311 e. The monoisotopic (exact) mass is 385 g/mol. The van der Waals surface area contributed by atoms with Crippen LogP contribution in [0, 0.1) is 11.3 Å². The fourth-order valence-corrected chi connectivity index (χ4v) is 5.58. The molecule has 140 valence electrons. The molecule has 1 aromatic carbocycles. The SMILES string of the molecule is O=C(c1cc2c(s1)-c1ccccc1OC2)N1C[C@H]2COCC[C@@]2(C(=O)O)C1. The zero-order valence-electron chi connectivity index (χ0n) is 14.6. The van der Waals surface area contributed by atoms with Gasteiger partial charge in [0.05, 0.1) is 16.9 Å². The van der Waals surface area contributed by atoms with Crippen LogP contribution in [0.3, 0.4) is 0 Å². The van der Waals surface area contributed by atoms with Crippen LogP contribution in [0.2, 0.25) is 0 Å². The van der Waals surface area contributed by atoms with Crippen molar-refractivity contribution in [2.45, 2.75) is 13.0 Å². The number of carbonyl (C=O) groups excluding carboxylic acids is 1. The van der Waals surface area contributed by atoms with Gasteiger partial charge in [0, 0.05) is 41.6 Å². The van der Waals surface area contributed by atoms with Crippen molar-refractivity contribution in [3.8, 4) is 16.2 Å². The molecule has 0 radical (unpaired) electrons. The van der Waals surface area contributed by atoms with Gasteiger partial charge in [-0.2, -0.15) is 0 Å². The number of carboxylic acid groups (broad SMARTS) is 1. The van der Waals surface area contributed by atoms with E-state index in [1.165, 1.54) is 11.3 Å². The first-order valence-corrected chi connectivity index (χ1v) is 9.85. The minimum Gasteiger partial charge on any atom is -0.488 e. The number of carbonyl (C=O) groups is 2. The number of amides is 1. The number of nitrogens with zero attached hydrogens (tertiary/aromatic N) is 1. The Kier molecular flexibility index (Phi) is 3.77. The van der Waals surface area contributed by atoms with Crippen LogP contribution in [0.25, 0.3) is 10.4 Å². The fourth-order valence-electron chi connectivity index (χ4n) is 4.41. The molecule has 0 spiro atoms. The number of ether oxygens (including phenoxy) is 2. The zero-order chi connectivity index (χ0) is 18.6. The summed E-state index contributed by atoms with van der Waals surface area (Å²) in [7, 11) is 0. The maximum absolute atomic E-state index is 13.1. The molecule has 3 aliphatic rings. The van der Waals surface area contributed by atoms with E-state index in [2.05, 4.69) is 0 Å². The van der Waals surface area contributed by atoms with Gasteiger partial charge in [-0.1, -0.05) is 12.1 Å². The summed E-state index contributed by atoms with van der Waals surface area (Å²) < 4.78 is 11.3. The molecule has 5 rings (SSSR count). The molecule has 3 aliphatic heterocycles. The number of aliphatic carboxylic acids is 1. The number of hydrogen-bond donors (Lipinski definition) is 1. The van der Waals surface area contributed by atoms with Crippen LogP contribution >= 0.6 is 11.3 Å². The third kappa shape index (κ3) is 2.49. The van der Waals surface area contributed by atoms with Gasteiger partial charge < -0.3 is 19.5 Å². The van der Waals surface area contributed by atoms with Gasteiger partial charge in [-0.15, -0.1) is 11.3 Å². The molecule has 2 atom stereocenters. The lowest BCUT2D eigenvalue weighted by Gasteiger charge is -2.33. The second-order valence-electron chi connectivity index (χ2n) is 7.42. The highest BCUT2D eigenvalue weighted by Crippen LogP contribution is 2.45. The minimum atomic E-state index is -0.875. The summed E-state index contributed by atoms with van der Waals surface area (Å²) in [5.74, 6) is -0.229. The van der Waals surface area contributed by atoms with Gasteiger partial charge in [0.2, 0.25) is 0 Å². The van der Waals surface area contributed by atoms with Crippen molar-refractivity contribution in [3.63, 3.8) is 0 Å². The summed E-state index contributed by atoms with van der Waals surface area (Å²) in [5.41, 5.74) is 1.14. The number of hydrogen-bond acceptors (Lipinski definition) is 5. The first-order chi connectivity index (χ1) is 13.1. The average molecular weight is 385 g/mol. The lowest BCUT2D eigenvalue weighted by atomic mass is 9.74. The zero-order valence-corrected chi connectivity index (χ0v) is 15.5. The highest BCUT2D eigenvalue weighted by Gasteiger charge is 2.55. The number of likely N-dealkylation sites (tertiary alicyclic amines) is 1. The molecule has 7 heteroatoms. The molecule has 0 aliphatic carbocycles. The minimum absolute atomic E-state index is 0.0955. The molecular weight excluding hydrogens is 366 g/mol. The topological polar surface area (TPSA) is 76.1 Å². The Morgan fingerprint density at radius 1 is 1.30 bits per heavy atom. The molecule has 4 heterocycles. The number of fused-ring (bicyclic) bond motifs is 4. The van der Waals surface area contributed by atoms with Crippen LogP contribution in [0.5, 0.6) is 5.75 Å². The first kappa shape index (κ1) is 16.8. The highest BCUT2D eigenvalue weighted by atomic mass is 32.1. The Balaban J connectivity index is 1.45. The van der Waals surface area contributed by atoms with Gasteiger partial charge in [-0.05, 0) is 24.6 Å². The molecule has 2 aromatic rings. The molecule has 0 unspecified atom stereocenters. The van der Waals surface area contributed by atoms with Crippen LogP contribution in [-0.2, 0) is 16.1 Å².